The molecule has 0 bridgehead atoms. The first-order valence-electron chi connectivity index (χ1n) is 3.79. The summed E-state index contributed by atoms with van der Waals surface area (Å²) in [7, 11) is 0. The second-order valence-electron chi connectivity index (χ2n) is 2.98. The molecular formula is C7H11NO4. The van der Waals surface area contributed by atoms with E-state index in [-0.39, 0.29) is 12.3 Å². The van der Waals surface area contributed by atoms with Gasteiger partial charge in [-0.25, -0.2) is 4.79 Å². The number of amides is 1. The molecule has 0 spiro atoms. The van der Waals surface area contributed by atoms with E-state index in [1.807, 2.05) is 0 Å². The molecule has 1 heterocycles. The minimum absolute atomic E-state index is 0.00130. The molecule has 0 aliphatic carbocycles. The van der Waals surface area contributed by atoms with Crippen LogP contribution in [-0.4, -0.2) is 40.3 Å². The summed E-state index contributed by atoms with van der Waals surface area (Å²) >= 11 is 0. The van der Waals surface area contributed by atoms with Gasteiger partial charge in [0, 0.05) is 19.5 Å². The van der Waals surface area contributed by atoms with Crippen LogP contribution in [0.3, 0.4) is 0 Å². The molecule has 1 aliphatic rings. The van der Waals surface area contributed by atoms with E-state index in [1.54, 1.807) is 0 Å². The van der Waals surface area contributed by atoms with Gasteiger partial charge in [0.25, 0.3) is 0 Å². The monoisotopic (exact) mass is 173 g/mol. The third kappa shape index (κ3) is 2.11. The van der Waals surface area contributed by atoms with Crippen molar-refractivity contribution in [1.82, 2.24) is 4.90 Å². The van der Waals surface area contributed by atoms with Gasteiger partial charge in [-0.05, 0) is 12.3 Å². The Balaban J connectivity index is 2.35. The van der Waals surface area contributed by atoms with E-state index in [0.717, 1.165) is 0 Å². The van der Waals surface area contributed by atoms with Crippen LogP contribution in [0.4, 0.5) is 4.79 Å². The van der Waals surface area contributed by atoms with E-state index < -0.39 is 12.1 Å². The normalized spacial score (nSPS) is 22.7. The lowest BCUT2D eigenvalue weighted by Crippen LogP contribution is -2.26. The smallest absolute Gasteiger partial charge is 0.407 e. The van der Waals surface area contributed by atoms with E-state index in [4.69, 9.17) is 10.2 Å². The maximum atomic E-state index is 10.4. The third-order valence-corrected chi connectivity index (χ3v) is 2.02. The molecule has 12 heavy (non-hydrogen) atoms. The molecule has 1 atom stereocenters. The van der Waals surface area contributed by atoms with E-state index in [1.165, 1.54) is 4.90 Å². The number of aliphatic carboxylic acids is 1. The molecule has 0 aromatic rings. The molecule has 0 aromatic heterocycles. The van der Waals surface area contributed by atoms with Crippen molar-refractivity contribution in [3.05, 3.63) is 0 Å². The van der Waals surface area contributed by atoms with Crippen molar-refractivity contribution in [2.75, 3.05) is 13.1 Å². The number of carboxylic acid groups (broad SMARTS) is 2. The van der Waals surface area contributed by atoms with Gasteiger partial charge in [-0.1, -0.05) is 0 Å². The fourth-order valence-corrected chi connectivity index (χ4v) is 1.42. The van der Waals surface area contributed by atoms with E-state index >= 15 is 0 Å². The average Bonchev–Trinajstić information content (AvgIpc) is 2.34. The van der Waals surface area contributed by atoms with Crippen molar-refractivity contribution < 1.29 is 19.8 Å². The van der Waals surface area contributed by atoms with Crippen LogP contribution in [0.1, 0.15) is 12.8 Å². The highest BCUT2D eigenvalue weighted by Crippen LogP contribution is 2.19. The Morgan fingerprint density at radius 1 is 1.42 bits per heavy atom. The van der Waals surface area contributed by atoms with Crippen LogP contribution in [-0.2, 0) is 4.79 Å². The van der Waals surface area contributed by atoms with Crippen molar-refractivity contribution in [1.29, 1.82) is 0 Å². The van der Waals surface area contributed by atoms with Crippen LogP contribution in [0.2, 0.25) is 0 Å². The van der Waals surface area contributed by atoms with Crippen LogP contribution in [0, 0.1) is 5.92 Å². The maximum absolute atomic E-state index is 10.4. The third-order valence-electron chi connectivity index (χ3n) is 2.02. The summed E-state index contributed by atoms with van der Waals surface area (Å²) in [6.45, 7) is 0.828. The Bertz CT molecular complexity index is 204. The molecule has 1 fully saturated rings. The van der Waals surface area contributed by atoms with Gasteiger partial charge in [0.1, 0.15) is 0 Å². The molecule has 0 unspecified atom stereocenters. The highest BCUT2D eigenvalue weighted by Gasteiger charge is 2.27. The highest BCUT2D eigenvalue weighted by atomic mass is 16.4. The quantitative estimate of drug-likeness (QED) is 0.635. The molecule has 68 valence electrons. The first kappa shape index (κ1) is 8.83. The maximum Gasteiger partial charge on any atom is 0.407 e. The molecule has 5 nitrogen and oxygen atoms in total. The van der Waals surface area contributed by atoms with Crippen molar-refractivity contribution in [3.63, 3.8) is 0 Å². The van der Waals surface area contributed by atoms with Gasteiger partial charge in [-0.15, -0.1) is 0 Å². The van der Waals surface area contributed by atoms with Crippen LogP contribution in [0.25, 0.3) is 0 Å². The Labute approximate surface area is 69.6 Å². The van der Waals surface area contributed by atoms with Crippen molar-refractivity contribution >= 4 is 12.1 Å². The van der Waals surface area contributed by atoms with Gasteiger partial charge in [0.05, 0.1) is 0 Å². The summed E-state index contributed by atoms with van der Waals surface area (Å²) in [5, 5.41) is 17.0. The van der Waals surface area contributed by atoms with Gasteiger partial charge < -0.3 is 15.1 Å². The van der Waals surface area contributed by atoms with Crippen molar-refractivity contribution in [3.8, 4) is 0 Å². The summed E-state index contributed by atoms with van der Waals surface area (Å²) in [6, 6.07) is 0. The number of nitrogens with zero attached hydrogens (tertiary/aromatic N) is 1. The molecular weight excluding hydrogens is 162 g/mol. The first-order chi connectivity index (χ1) is 5.59. The topological polar surface area (TPSA) is 77.8 Å². The largest absolute Gasteiger partial charge is 0.481 e. The molecule has 2 N–H and O–H groups in total. The SMILES string of the molecule is O=C(O)C[C@H]1CCN(C(=O)O)C1. The van der Waals surface area contributed by atoms with Crippen LogP contribution < -0.4 is 0 Å². The van der Waals surface area contributed by atoms with E-state index in [2.05, 4.69) is 0 Å². The van der Waals surface area contributed by atoms with Gasteiger partial charge >= 0.3 is 12.1 Å². The Morgan fingerprint density at radius 3 is 2.50 bits per heavy atom. The zero-order valence-corrected chi connectivity index (χ0v) is 6.56. The number of hydrogen-bond donors (Lipinski definition) is 2. The standard InChI is InChI=1S/C7H11NO4/c9-6(10)3-5-1-2-8(4-5)7(11)12/h5H,1-4H2,(H,9,10)(H,11,12)/t5-/m1/s1. The molecule has 5 heteroatoms. The average molecular weight is 173 g/mol. The van der Waals surface area contributed by atoms with Gasteiger partial charge in [0.15, 0.2) is 0 Å². The first-order valence-corrected chi connectivity index (χ1v) is 3.79. The Morgan fingerprint density at radius 2 is 2.08 bits per heavy atom. The van der Waals surface area contributed by atoms with Gasteiger partial charge in [0.2, 0.25) is 0 Å². The minimum atomic E-state index is -0.956. The highest BCUT2D eigenvalue weighted by molar-refractivity contribution is 5.68. The molecule has 1 rings (SSSR count). The second kappa shape index (κ2) is 3.42. The Kier molecular flexibility index (Phi) is 2.52. The lowest BCUT2D eigenvalue weighted by Gasteiger charge is -2.10. The molecule has 1 aliphatic heterocycles. The van der Waals surface area contributed by atoms with Gasteiger partial charge in [-0.2, -0.15) is 0 Å². The lowest BCUT2D eigenvalue weighted by atomic mass is 10.1. The lowest BCUT2D eigenvalue weighted by molar-refractivity contribution is -0.138. The van der Waals surface area contributed by atoms with Crippen LogP contribution in [0.5, 0.6) is 0 Å². The van der Waals surface area contributed by atoms with Crippen LogP contribution in [0.15, 0.2) is 0 Å². The molecule has 1 saturated heterocycles. The summed E-state index contributed by atoms with van der Waals surface area (Å²) < 4.78 is 0. The molecule has 0 aromatic carbocycles. The summed E-state index contributed by atoms with van der Waals surface area (Å²) in [6.07, 6.45) is -0.217. The fourth-order valence-electron chi connectivity index (χ4n) is 1.42. The Hall–Kier alpha value is -1.26. The van der Waals surface area contributed by atoms with E-state index in [9.17, 15) is 9.59 Å². The number of carboxylic acids is 1. The van der Waals surface area contributed by atoms with E-state index in [0.29, 0.717) is 19.5 Å². The van der Waals surface area contributed by atoms with Crippen molar-refractivity contribution in [2.24, 2.45) is 5.92 Å². The number of hydrogen-bond acceptors (Lipinski definition) is 2. The van der Waals surface area contributed by atoms with Crippen LogP contribution >= 0.6 is 0 Å². The number of likely N-dealkylation sites (tertiary alicyclic amines) is 1. The summed E-state index contributed by atoms with van der Waals surface area (Å²) in [4.78, 5) is 21.9. The zero-order valence-electron chi connectivity index (χ0n) is 6.56. The van der Waals surface area contributed by atoms with Gasteiger partial charge in [-0.3, -0.25) is 4.79 Å². The number of carbonyl (C=O) groups is 2. The predicted molar refractivity (Wildman–Crippen MR) is 40.0 cm³/mol. The second-order valence-corrected chi connectivity index (χ2v) is 2.98. The molecule has 1 amide bonds. The fraction of sp³-hybridized carbons (Fsp3) is 0.714. The zero-order chi connectivity index (χ0) is 9.14. The molecule has 0 radical (unpaired) electrons. The predicted octanol–water partition coefficient (Wildman–Crippen LogP) is 0.461. The summed E-state index contributed by atoms with van der Waals surface area (Å²) in [5.41, 5.74) is 0. The van der Waals surface area contributed by atoms with Crippen molar-refractivity contribution in [2.45, 2.75) is 12.8 Å². The summed E-state index contributed by atoms with van der Waals surface area (Å²) in [5.74, 6) is -0.856. The number of rotatable bonds is 2. The minimum Gasteiger partial charge on any atom is -0.481 e. The molecule has 0 saturated carbocycles.